The van der Waals surface area contributed by atoms with Crippen molar-refractivity contribution in [3.05, 3.63) is 60.7 Å². The summed E-state index contributed by atoms with van der Waals surface area (Å²) in [5.74, 6) is 0.795. The van der Waals surface area contributed by atoms with Crippen molar-refractivity contribution in [3.8, 4) is 5.75 Å². The maximum Gasteiger partial charge on any atom is 0.317 e. The molecule has 1 saturated carbocycles. The zero-order valence-corrected chi connectivity index (χ0v) is 15.8. The summed E-state index contributed by atoms with van der Waals surface area (Å²) in [5, 5.41) is 3.00. The Kier molecular flexibility index (Phi) is 5.19. The second-order valence-electron chi connectivity index (χ2n) is 7.56. The van der Waals surface area contributed by atoms with Crippen LogP contribution in [0, 0.1) is 5.41 Å². The largest absolute Gasteiger partial charge is 0.493 e. The van der Waals surface area contributed by atoms with Gasteiger partial charge in [0.2, 0.25) is 5.91 Å². The minimum absolute atomic E-state index is 0.0152. The molecule has 6 heteroatoms. The van der Waals surface area contributed by atoms with Crippen LogP contribution in [0.1, 0.15) is 12.8 Å². The summed E-state index contributed by atoms with van der Waals surface area (Å²) in [4.78, 5) is 28.3. The van der Waals surface area contributed by atoms with Gasteiger partial charge in [-0.2, -0.15) is 0 Å². The van der Waals surface area contributed by atoms with Gasteiger partial charge in [0.1, 0.15) is 12.3 Å². The number of benzene rings is 2. The molecule has 0 spiro atoms. The van der Waals surface area contributed by atoms with Crippen LogP contribution in [0.15, 0.2) is 60.7 Å². The Morgan fingerprint density at radius 1 is 1.00 bits per heavy atom. The van der Waals surface area contributed by atoms with E-state index in [1.165, 1.54) is 0 Å². The lowest BCUT2D eigenvalue weighted by molar-refractivity contribution is -0.120. The number of nitrogens with zero attached hydrogens (tertiary/aromatic N) is 2. The first-order chi connectivity index (χ1) is 13.7. The van der Waals surface area contributed by atoms with Gasteiger partial charge in [-0.3, -0.25) is 4.79 Å². The van der Waals surface area contributed by atoms with Gasteiger partial charge in [-0.1, -0.05) is 36.4 Å². The Balaban J connectivity index is 1.25. The van der Waals surface area contributed by atoms with E-state index < -0.39 is 0 Å². The van der Waals surface area contributed by atoms with Crippen molar-refractivity contribution < 1.29 is 14.3 Å². The van der Waals surface area contributed by atoms with E-state index in [2.05, 4.69) is 5.32 Å². The maximum atomic E-state index is 12.5. The summed E-state index contributed by atoms with van der Waals surface area (Å²) >= 11 is 0. The molecule has 146 valence electrons. The number of carbonyl (C=O) groups excluding carboxylic acids is 2. The first-order valence-corrected chi connectivity index (χ1v) is 9.71. The van der Waals surface area contributed by atoms with E-state index in [0.29, 0.717) is 26.2 Å². The fourth-order valence-electron chi connectivity index (χ4n) is 3.40. The van der Waals surface area contributed by atoms with Crippen LogP contribution in [-0.4, -0.2) is 49.6 Å². The number of carbonyl (C=O) groups is 2. The highest BCUT2D eigenvalue weighted by Gasteiger charge is 2.44. The number of urea groups is 1. The van der Waals surface area contributed by atoms with E-state index >= 15 is 0 Å². The first kappa shape index (κ1) is 18.3. The normalized spacial score (nSPS) is 17.9. The Hall–Kier alpha value is -3.02. The van der Waals surface area contributed by atoms with Gasteiger partial charge in [-0.05, 0) is 37.1 Å². The van der Waals surface area contributed by atoms with Crippen molar-refractivity contribution >= 4 is 17.6 Å². The number of piperazine rings is 1. The number of rotatable bonds is 6. The molecule has 2 fully saturated rings. The predicted octanol–water partition coefficient (Wildman–Crippen LogP) is 2.90. The molecule has 3 amide bonds. The standard InChI is InChI=1S/C22H25N3O3/c26-20-15-24(13-14-25(20)18-7-3-1-4-8-18)21(27)23-16-22(11-12-22)17-28-19-9-5-2-6-10-19/h1-10H,11-17H2,(H,23,27). The lowest BCUT2D eigenvalue weighted by Gasteiger charge is -2.34. The molecule has 2 aromatic rings. The van der Waals surface area contributed by atoms with E-state index in [0.717, 1.165) is 24.3 Å². The molecule has 28 heavy (non-hydrogen) atoms. The Morgan fingerprint density at radius 3 is 2.32 bits per heavy atom. The topological polar surface area (TPSA) is 61.9 Å². The van der Waals surface area contributed by atoms with Crippen LogP contribution >= 0.6 is 0 Å². The number of amides is 3. The second kappa shape index (κ2) is 7.92. The van der Waals surface area contributed by atoms with E-state index in [4.69, 9.17) is 4.74 Å². The van der Waals surface area contributed by atoms with Crippen LogP contribution in [0.3, 0.4) is 0 Å². The van der Waals surface area contributed by atoms with Crippen LogP contribution in [0.4, 0.5) is 10.5 Å². The van der Waals surface area contributed by atoms with Crippen molar-refractivity contribution in [1.29, 1.82) is 0 Å². The predicted molar refractivity (Wildman–Crippen MR) is 107 cm³/mol. The molecule has 2 aromatic carbocycles. The Morgan fingerprint density at radius 2 is 1.68 bits per heavy atom. The lowest BCUT2D eigenvalue weighted by Crippen LogP contribution is -2.55. The third-order valence-corrected chi connectivity index (χ3v) is 5.44. The molecule has 0 atom stereocenters. The van der Waals surface area contributed by atoms with Crippen LogP contribution in [0.2, 0.25) is 0 Å². The summed E-state index contributed by atoms with van der Waals surface area (Å²) in [6.07, 6.45) is 2.08. The molecule has 0 bridgehead atoms. The van der Waals surface area contributed by atoms with Gasteiger partial charge in [0.25, 0.3) is 0 Å². The highest BCUT2D eigenvalue weighted by Crippen LogP contribution is 2.45. The van der Waals surface area contributed by atoms with Crippen LogP contribution in [0.5, 0.6) is 5.75 Å². The number of anilines is 1. The summed E-state index contributed by atoms with van der Waals surface area (Å²) in [6.45, 7) is 2.32. The minimum Gasteiger partial charge on any atom is -0.493 e. The third-order valence-electron chi connectivity index (χ3n) is 5.44. The number of hydrogen-bond donors (Lipinski definition) is 1. The van der Waals surface area contributed by atoms with Gasteiger partial charge in [-0.15, -0.1) is 0 Å². The fraction of sp³-hybridized carbons (Fsp3) is 0.364. The number of para-hydroxylation sites is 2. The van der Waals surface area contributed by atoms with E-state index in [-0.39, 0.29) is 23.9 Å². The Bertz CT molecular complexity index is 821. The van der Waals surface area contributed by atoms with Gasteiger partial charge in [-0.25, -0.2) is 4.79 Å². The molecular formula is C22H25N3O3. The molecule has 1 aliphatic carbocycles. The van der Waals surface area contributed by atoms with Crippen LogP contribution < -0.4 is 15.0 Å². The average Bonchev–Trinajstić information content (AvgIpc) is 3.52. The SMILES string of the molecule is O=C(NCC1(COc2ccccc2)CC1)N1CCN(c2ccccc2)C(=O)C1. The molecule has 6 nitrogen and oxygen atoms in total. The minimum atomic E-state index is -0.174. The molecule has 0 unspecified atom stereocenters. The maximum absolute atomic E-state index is 12.5. The number of nitrogens with one attached hydrogen (secondary N) is 1. The van der Waals surface area contributed by atoms with Gasteiger partial charge in [0, 0.05) is 30.7 Å². The molecule has 1 N–H and O–H groups in total. The molecule has 1 heterocycles. The zero-order chi connectivity index (χ0) is 19.4. The van der Waals surface area contributed by atoms with Gasteiger partial charge in [0.05, 0.1) is 6.61 Å². The molecule has 1 aliphatic heterocycles. The van der Waals surface area contributed by atoms with Crippen molar-refractivity contribution in [2.45, 2.75) is 12.8 Å². The Labute approximate surface area is 165 Å². The van der Waals surface area contributed by atoms with E-state index in [1.807, 2.05) is 60.7 Å². The van der Waals surface area contributed by atoms with Gasteiger partial charge >= 0.3 is 6.03 Å². The average molecular weight is 379 g/mol. The second-order valence-corrected chi connectivity index (χ2v) is 7.56. The fourth-order valence-corrected chi connectivity index (χ4v) is 3.40. The van der Waals surface area contributed by atoms with Crippen LogP contribution in [-0.2, 0) is 4.79 Å². The molecule has 2 aliphatic rings. The van der Waals surface area contributed by atoms with Crippen molar-refractivity contribution in [1.82, 2.24) is 10.2 Å². The number of ether oxygens (including phenoxy) is 1. The summed E-state index contributed by atoms with van der Waals surface area (Å²) < 4.78 is 5.87. The van der Waals surface area contributed by atoms with E-state index in [1.54, 1.807) is 9.80 Å². The molecular weight excluding hydrogens is 354 g/mol. The van der Waals surface area contributed by atoms with E-state index in [9.17, 15) is 9.59 Å². The first-order valence-electron chi connectivity index (χ1n) is 9.71. The number of hydrogen-bond acceptors (Lipinski definition) is 3. The third kappa shape index (κ3) is 4.27. The van der Waals surface area contributed by atoms with Crippen molar-refractivity contribution in [2.24, 2.45) is 5.41 Å². The van der Waals surface area contributed by atoms with Gasteiger partial charge in [0.15, 0.2) is 0 Å². The molecule has 4 rings (SSSR count). The molecule has 1 saturated heterocycles. The van der Waals surface area contributed by atoms with Crippen molar-refractivity contribution in [2.75, 3.05) is 37.7 Å². The summed E-state index contributed by atoms with van der Waals surface area (Å²) in [5.41, 5.74) is 0.893. The molecule has 0 aromatic heterocycles. The van der Waals surface area contributed by atoms with Crippen molar-refractivity contribution in [3.63, 3.8) is 0 Å². The monoisotopic (exact) mass is 379 g/mol. The summed E-state index contributed by atoms with van der Waals surface area (Å²) in [6, 6.07) is 19.1. The quantitative estimate of drug-likeness (QED) is 0.840. The van der Waals surface area contributed by atoms with Crippen LogP contribution in [0.25, 0.3) is 0 Å². The lowest BCUT2D eigenvalue weighted by atomic mass is 10.1. The highest BCUT2D eigenvalue weighted by atomic mass is 16.5. The highest BCUT2D eigenvalue weighted by molar-refractivity contribution is 5.97. The van der Waals surface area contributed by atoms with Gasteiger partial charge < -0.3 is 19.9 Å². The zero-order valence-electron chi connectivity index (χ0n) is 15.8. The molecule has 0 radical (unpaired) electrons. The summed E-state index contributed by atoms with van der Waals surface area (Å²) in [7, 11) is 0. The smallest absolute Gasteiger partial charge is 0.317 e.